The van der Waals surface area contributed by atoms with Gasteiger partial charge in [-0.3, -0.25) is 9.69 Å². The van der Waals surface area contributed by atoms with Crippen molar-refractivity contribution in [2.75, 3.05) is 18.5 Å². The summed E-state index contributed by atoms with van der Waals surface area (Å²) in [6.07, 6.45) is 7.03. The fourth-order valence-electron chi connectivity index (χ4n) is 4.41. The van der Waals surface area contributed by atoms with E-state index in [1.807, 2.05) is 53.8 Å². The highest BCUT2D eigenvalue weighted by Crippen LogP contribution is 2.25. The first-order valence-electron chi connectivity index (χ1n) is 12.4. The molecular formula is C29H37N5O. The summed E-state index contributed by atoms with van der Waals surface area (Å²) in [6, 6.07) is 16.2. The molecule has 1 amide bonds. The lowest BCUT2D eigenvalue weighted by atomic mass is 10.0. The van der Waals surface area contributed by atoms with Crippen molar-refractivity contribution >= 4 is 11.6 Å². The maximum atomic E-state index is 12.7. The van der Waals surface area contributed by atoms with Crippen molar-refractivity contribution in [3.63, 3.8) is 0 Å². The van der Waals surface area contributed by atoms with Gasteiger partial charge in [-0.05, 0) is 62.2 Å². The van der Waals surface area contributed by atoms with Crippen LogP contribution in [0, 0.1) is 25.2 Å². The summed E-state index contributed by atoms with van der Waals surface area (Å²) >= 11 is 0. The zero-order chi connectivity index (χ0) is 25.4. The van der Waals surface area contributed by atoms with E-state index in [4.69, 9.17) is 5.26 Å². The molecule has 6 heteroatoms. The zero-order valence-corrected chi connectivity index (χ0v) is 21.7. The highest BCUT2D eigenvalue weighted by Gasteiger charge is 2.23. The highest BCUT2D eigenvalue weighted by molar-refractivity contribution is 5.92. The van der Waals surface area contributed by atoms with Crippen LogP contribution in [0.5, 0.6) is 0 Å². The Morgan fingerprint density at radius 3 is 2.57 bits per heavy atom. The van der Waals surface area contributed by atoms with E-state index in [1.165, 1.54) is 5.56 Å². The first-order chi connectivity index (χ1) is 16.8. The van der Waals surface area contributed by atoms with Crippen molar-refractivity contribution in [3.05, 3.63) is 82.9 Å². The molecule has 0 fully saturated rings. The summed E-state index contributed by atoms with van der Waals surface area (Å²) in [5.74, 6) is 0.0689. The molecular weight excluding hydrogens is 434 g/mol. The first kappa shape index (κ1) is 26.2. The molecule has 184 valence electrons. The lowest BCUT2D eigenvalue weighted by molar-refractivity contribution is -0.116. The predicted octanol–water partition coefficient (Wildman–Crippen LogP) is 5.46. The van der Waals surface area contributed by atoms with Gasteiger partial charge in [-0.25, -0.2) is 4.98 Å². The molecule has 1 aromatic heterocycles. The summed E-state index contributed by atoms with van der Waals surface area (Å²) in [7, 11) is 2.14. The van der Waals surface area contributed by atoms with Crippen molar-refractivity contribution in [1.82, 2.24) is 14.5 Å². The summed E-state index contributed by atoms with van der Waals surface area (Å²) in [6.45, 7) is 10.1. The van der Waals surface area contributed by atoms with Crippen LogP contribution in [0.3, 0.4) is 0 Å². The number of unbranched alkanes of at least 4 members (excludes halogenated alkanes) is 1. The van der Waals surface area contributed by atoms with Gasteiger partial charge in [-0.1, -0.05) is 44.0 Å². The van der Waals surface area contributed by atoms with Crippen LogP contribution in [-0.4, -0.2) is 40.0 Å². The Morgan fingerprint density at radius 1 is 1.17 bits per heavy atom. The first-order valence-corrected chi connectivity index (χ1v) is 12.4. The minimum absolute atomic E-state index is 0.0689. The van der Waals surface area contributed by atoms with Crippen LogP contribution in [-0.2, 0) is 17.9 Å². The maximum absolute atomic E-state index is 12.7. The Hall–Kier alpha value is -3.43. The number of carbonyl (C=O) groups excluding carboxylic acids is 1. The second-order valence-corrected chi connectivity index (χ2v) is 9.38. The molecule has 1 heterocycles. The molecule has 0 spiro atoms. The van der Waals surface area contributed by atoms with Crippen molar-refractivity contribution in [3.8, 4) is 6.07 Å². The van der Waals surface area contributed by atoms with Crippen LogP contribution in [0.15, 0.2) is 55.0 Å². The standard InChI is InChI=1S/C29H37N5O/c1-6-7-10-27(20-34(24(4)35)29-11-8-9-22(2)23(29)3)32(5)19-28-17-31-21-33(28)18-26-14-12-25(16-30)13-15-26/h8-9,11-15,17,21,27H,6-7,10,18-20H2,1-5H3/t27-/m0/s1. The molecule has 6 nitrogen and oxygen atoms in total. The number of amides is 1. The van der Waals surface area contributed by atoms with Gasteiger partial charge in [0.25, 0.3) is 0 Å². The van der Waals surface area contributed by atoms with Crippen molar-refractivity contribution in [2.24, 2.45) is 0 Å². The number of nitrogens with zero attached hydrogens (tertiary/aromatic N) is 5. The Bertz CT molecular complexity index is 1160. The van der Waals surface area contributed by atoms with Crippen molar-refractivity contribution < 1.29 is 4.79 Å². The molecule has 35 heavy (non-hydrogen) atoms. The number of likely N-dealkylation sites (N-methyl/N-ethyl adjacent to an activating group) is 1. The number of hydrogen-bond acceptors (Lipinski definition) is 4. The van der Waals surface area contributed by atoms with E-state index < -0.39 is 0 Å². The van der Waals surface area contributed by atoms with Crippen LogP contribution >= 0.6 is 0 Å². The smallest absolute Gasteiger partial charge is 0.223 e. The number of nitriles is 1. The van der Waals surface area contributed by atoms with E-state index in [-0.39, 0.29) is 11.9 Å². The SMILES string of the molecule is CCCC[C@@H](CN(C(C)=O)c1cccc(C)c1C)N(C)Cc1cncn1Cc1ccc(C#N)cc1. The number of rotatable bonds is 11. The van der Waals surface area contributed by atoms with Crippen LogP contribution in [0.25, 0.3) is 0 Å². The Balaban J connectivity index is 1.78. The fraction of sp³-hybridized carbons (Fsp3) is 0.414. The summed E-state index contributed by atoms with van der Waals surface area (Å²) < 4.78 is 2.15. The zero-order valence-electron chi connectivity index (χ0n) is 21.7. The van der Waals surface area contributed by atoms with Gasteiger partial charge in [0.2, 0.25) is 5.91 Å². The largest absolute Gasteiger partial charge is 0.329 e. The highest BCUT2D eigenvalue weighted by atomic mass is 16.2. The molecule has 0 saturated carbocycles. The number of carbonyl (C=O) groups is 1. The number of aryl methyl sites for hydroxylation is 1. The van der Waals surface area contributed by atoms with Gasteiger partial charge < -0.3 is 9.47 Å². The number of anilines is 1. The number of hydrogen-bond donors (Lipinski definition) is 0. The number of aromatic nitrogens is 2. The normalized spacial score (nSPS) is 11.9. The molecule has 0 radical (unpaired) electrons. The third kappa shape index (κ3) is 6.80. The fourth-order valence-corrected chi connectivity index (χ4v) is 4.41. The molecule has 0 saturated heterocycles. The van der Waals surface area contributed by atoms with Crippen LogP contribution in [0.1, 0.15) is 61.1 Å². The van der Waals surface area contributed by atoms with Crippen LogP contribution in [0.4, 0.5) is 5.69 Å². The summed E-state index contributed by atoms with van der Waals surface area (Å²) in [4.78, 5) is 21.4. The van der Waals surface area contributed by atoms with E-state index in [2.05, 4.69) is 54.4 Å². The number of imidazole rings is 1. The monoisotopic (exact) mass is 471 g/mol. The van der Waals surface area contributed by atoms with E-state index >= 15 is 0 Å². The average molecular weight is 472 g/mol. The van der Waals surface area contributed by atoms with Gasteiger partial charge in [0.1, 0.15) is 0 Å². The second kappa shape index (κ2) is 12.3. The van der Waals surface area contributed by atoms with Gasteiger partial charge in [0, 0.05) is 44.5 Å². The summed E-state index contributed by atoms with van der Waals surface area (Å²) in [5, 5.41) is 9.04. The molecule has 0 bridgehead atoms. The predicted molar refractivity (Wildman–Crippen MR) is 141 cm³/mol. The minimum Gasteiger partial charge on any atom is -0.329 e. The third-order valence-corrected chi connectivity index (χ3v) is 6.80. The molecule has 3 aromatic rings. The molecule has 1 atom stereocenters. The second-order valence-electron chi connectivity index (χ2n) is 9.38. The van der Waals surface area contributed by atoms with Gasteiger partial charge in [0.05, 0.1) is 23.7 Å². The quantitative estimate of drug-likeness (QED) is 0.372. The molecule has 3 rings (SSSR count). The number of benzene rings is 2. The molecule has 0 aliphatic carbocycles. The minimum atomic E-state index is 0.0689. The summed E-state index contributed by atoms with van der Waals surface area (Å²) in [5.41, 5.74) is 6.26. The molecule has 0 N–H and O–H groups in total. The topological polar surface area (TPSA) is 65.2 Å². The Kier molecular flexibility index (Phi) is 9.22. The van der Waals surface area contributed by atoms with Gasteiger partial charge in [-0.15, -0.1) is 0 Å². The van der Waals surface area contributed by atoms with Crippen LogP contribution < -0.4 is 4.90 Å². The Morgan fingerprint density at radius 2 is 1.91 bits per heavy atom. The molecule has 0 unspecified atom stereocenters. The van der Waals surface area contributed by atoms with E-state index in [9.17, 15) is 4.79 Å². The Labute approximate surface area is 209 Å². The molecule has 0 aliphatic heterocycles. The lowest BCUT2D eigenvalue weighted by Gasteiger charge is -2.34. The van der Waals surface area contributed by atoms with Crippen molar-refractivity contribution in [2.45, 2.75) is 66.1 Å². The van der Waals surface area contributed by atoms with Crippen molar-refractivity contribution in [1.29, 1.82) is 5.26 Å². The van der Waals surface area contributed by atoms with Gasteiger partial charge in [0.15, 0.2) is 0 Å². The molecule has 0 aliphatic rings. The molecule has 2 aromatic carbocycles. The van der Waals surface area contributed by atoms with Gasteiger partial charge in [-0.2, -0.15) is 5.26 Å². The van der Waals surface area contributed by atoms with E-state index in [0.717, 1.165) is 48.3 Å². The van der Waals surface area contributed by atoms with Crippen LogP contribution in [0.2, 0.25) is 0 Å². The van der Waals surface area contributed by atoms with E-state index in [0.29, 0.717) is 18.7 Å². The lowest BCUT2D eigenvalue weighted by Crippen LogP contribution is -2.44. The average Bonchev–Trinajstić information content (AvgIpc) is 3.27. The third-order valence-electron chi connectivity index (χ3n) is 6.80. The van der Waals surface area contributed by atoms with E-state index in [1.54, 1.807) is 6.92 Å². The maximum Gasteiger partial charge on any atom is 0.223 e. The van der Waals surface area contributed by atoms with Gasteiger partial charge >= 0.3 is 0 Å².